The second kappa shape index (κ2) is 13.6. The summed E-state index contributed by atoms with van der Waals surface area (Å²) in [6.45, 7) is 1.56. The third-order valence-electron chi connectivity index (χ3n) is 9.08. The maximum atomic E-state index is 13.2. The second-order valence-corrected chi connectivity index (χ2v) is 12.1. The van der Waals surface area contributed by atoms with Gasteiger partial charge < -0.3 is 29.6 Å². The van der Waals surface area contributed by atoms with Crippen LogP contribution in [0.3, 0.4) is 0 Å². The Bertz CT molecular complexity index is 2000. The van der Waals surface area contributed by atoms with E-state index >= 15 is 0 Å². The third-order valence-corrected chi connectivity index (χ3v) is 9.08. The first-order valence-electron chi connectivity index (χ1n) is 16.1. The zero-order valence-electron chi connectivity index (χ0n) is 27.3. The van der Waals surface area contributed by atoms with Gasteiger partial charge in [0.2, 0.25) is 0 Å². The number of halogens is 3. The first kappa shape index (κ1) is 33.2. The summed E-state index contributed by atoms with van der Waals surface area (Å²) in [5, 5.41) is 11.0. The van der Waals surface area contributed by atoms with Gasteiger partial charge in [0, 0.05) is 48.7 Å². The van der Waals surface area contributed by atoms with Crippen LogP contribution >= 0.6 is 0 Å². The Labute approximate surface area is 284 Å². The minimum absolute atomic E-state index is 0.0895. The highest BCUT2D eigenvalue weighted by Gasteiger charge is 2.42. The lowest BCUT2D eigenvalue weighted by molar-refractivity contribution is -0.178. The number of ether oxygens (including phenoxy) is 4. The molecule has 0 atom stereocenters. The molecule has 2 aromatic carbocycles. The Morgan fingerprint density at radius 3 is 2.44 bits per heavy atom. The molecule has 2 aliphatic rings. The molecule has 0 bridgehead atoms. The summed E-state index contributed by atoms with van der Waals surface area (Å²) in [5.41, 5.74) is 2.98. The summed E-state index contributed by atoms with van der Waals surface area (Å²) in [6, 6.07) is 13.8. The van der Waals surface area contributed by atoms with Crippen LogP contribution in [0.25, 0.3) is 16.7 Å². The van der Waals surface area contributed by atoms with Crippen LogP contribution in [0.5, 0.6) is 11.5 Å². The van der Waals surface area contributed by atoms with Crippen molar-refractivity contribution < 1.29 is 36.9 Å². The number of carbonyl (C=O) groups is 1. The van der Waals surface area contributed by atoms with Crippen molar-refractivity contribution in [2.45, 2.75) is 50.1 Å². The molecule has 1 saturated carbocycles. The fourth-order valence-electron chi connectivity index (χ4n) is 6.47. The molecule has 1 spiro atoms. The van der Waals surface area contributed by atoms with E-state index in [1.807, 2.05) is 18.2 Å². The van der Waals surface area contributed by atoms with Crippen LogP contribution in [-0.4, -0.2) is 63.9 Å². The van der Waals surface area contributed by atoms with Gasteiger partial charge in [-0.25, -0.2) is 19.6 Å². The topological polar surface area (TPSA) is 135 Å². The molecule has 5 aromatic rings. The number of fused-ring (bicyclic) bond motifs is 1. The lowest BCUT2D eigenvalue weighted by Crippen LogP contribution is -2.34. The number of nitrogens with one attached hydrogen (secondary N) is 2. The van der Waals surface area contributed by atoms with E-state index in [-0.39, 0.29) is 17.3 Å². The predicted molar refractivity (Wildman–Crippen MR) is 177 cm³/mol. The van der Waals surface area contributed by atoms with Gasteiger partial charge in [0.05, 0.1) is 44.4 Å². The molecule has 1 aliphatic heterocycles. The quantitative estimate of drug-likeness (QED) is 0.176. The van der Waals surface area contributed by atoms with E-state index in [0.717, 1.165) is 55.3 Å². The van der Waals surface area contributed by atoms with Gasteiger partial charge >= 0.3 is 6.18 Å². The zero-order chi connectivity index (χ0) is 34.9. The molecule has 260 valence electrons. The molecule has 50 heavy (non-hydrogen) atoms. The minimum atomic E-state index is -4.56. The number of pyridine rings is 1. The van der Waals surface area contributed by atoms with Crippen LogP contribution in [0.2, 0.25) is 0 Å². The molecule has 1 aliphatic carbocycles. The summed E-state index contributed by atoms with van der Waals surface area (Å²) in [7, 11) is 3.19. The maximum absolute atomic E-state index is 13.2. The summed E-state index contributed by atoms with van der Waals surface area (Å²) in [6.07, 6.45) is 1.02. The van der Waals surface area contributed by atoms with Crippen molar-refractivity contribution in [1.82, 2.24) is 24.7 Å². The van der Waals surface area contributed by atoms with Crippen molar-refractivity contribution in [3.63, 3.8) is 0 Å². The highest BCUT2D eigenvalue weighted by atomic mass is 19.4. The Morgan fingerprint density at radius 1 is 0.980 bits per heavy atom. The summed E-state index contributed by atoms with van der Waals surface area (Å²) >= 11 is 0. The van der Waals surface area contributed by atoms with Crippen LogP contribution in [0, 0.1) is 0 Å². The second-order valence-electron chi connectivity index (χ2n) is 12.1. The average Bonchev–Trinajstić information content (AvgIpc) is 3.76. The molecule has 0 radical (unpaired) electrons. The fourth-order valence-corrected chi connectivity index (χ4v) is 6.47. The lowest BCUT2D eigenvalue weighted by atomic mass is 9.83. The first-order chi connectivity index (χ1) is 24.2. The SMILES string of the molecule is COc1ccc(CNc2ncnc3c(C4CCC5(CC4)OCCO5)nn(-c4ccc(C(=O)Nc5cc(C(F)(F)F)ccn5)cc4)c23)c(OC)c1. The van der Waals surface area contributed by atoms with Crippen molar-refractivity contribution in [1.29, 1.82) is 0 Å². The van der Waals surface area contributed by atoms with E-state index in [2.05, 4.69) is 20.6 Å². The summed E-state index contributed by atoms with van der Waals surface area (Å²) in [4.78, 5) is 26.1. The Kier molecular flexibility index (Phi) is 9.01. The first-order valence-corrected chi connectivity index (χ1v) is 16.1. The lowest BCUT2D eigenvalue weighted by Gasteiger charge is -2.34. The Morgan fingerprint density at radius 2 is 1.74 bits per heavy atom. The van der Waals surface area contributed by atoms with E-state index < -0.39 is 23.4 Å². The minimum Gasteiger partial charge on any atom is -0.497 e. The largest absolute Gasteiger partial charge is 0.497 e. The highest BCUT2D eigenvalue weighted by molar-refractivity contribution is 6.04. The van der Waals surface area contributed by atoms with Crippen LogP contribution in [-0.2, 0) is 22.2 Å². The van der Waals surface area contributed by atoms with Crippen LogP contribution < -0.4 is 20.1 Å². The molecule has 1 amide bonds. The number of methoxy groups -OCH3 is 2. The van der Waals surface area contributed by atoms with E-state index in [9.17, 15) is 18.0 Å². The number of rotatable bonds is 9. The number of nitrogens with zero attached hydrogens (tertiary/aromatic N) is 5. The van der Waals surface area contributed by atoms with Crippen molar-refractivity contribution in [2.24, 2.45) is 0 Å². The average molecular weight is 690 g/mol. The van der Waals surface area contributed by atoms with Crippen molar-refractivity contribution in [3.8, 4) is 17.2 Å². The Balaban J connectivity index is 1.20. The number of amides is 1. The van der Waals surface area contributed by atoms with Gasteiger partial charge in [0.15, 0.2) is 11.6 Å². The standard InChI is InChI=1S/C35H34F3N7O5/c1-47-26-8-5-23(27(18-26)48-2)19-40-32-31-30(41-20-42-32)29(21-9-12-34(13-10-21)49-15-16-50-34)44-45(31)25-6-3-22(4-7-25)33(46)43-28-17-24(11-14-39-28)35(36,37)38/h3-8,11,14,17-18,20-21H,9-10,12-13,15-16,19H2,1-2H3,(H,39,43,46)(H,40,41,42). The van der Waals surface area contributed by atoms with Crippen LogP contribution in [0.4, 0.5) is 24.8 Å². The van der Waals surface area contributed by atoms with E-state index in [4.69, 9.17) is 29.0 Å². The molecule has 7 rings (SSSR count). The third kappa shape index (κ3) is 6.65. The molecule has 2 fully saturated rings. The monoisotopic (exact) mass is 689 g/mol. The molecule has 2 N–H and O–H groups in total. The number of alkyl halides is 3. The van der Waals surface area contributed by atoms with Gasteiger partial charge in [0.25, 0.3) is 5.91 Å². The number of hydrogen-bond acceptors (Lipinski definition) is 10. The number of anilines is 2. The normalized spacial score (nSPS) is 16.1. The molecule has 0 unspecified atom stereocenters. The smallest absolute Gasteiger partial charge is 0.416 e. The number of hydrogen-bond donors (Lipinski definition) is 2. The summed E-state index contributed by atoms with van der Waals surface area (Å²) < 4.78 is 64.1. The molecule has 12 nitrogen and oxygen atoms in total. The molecule has 4 heterocycles. The van der Waals surface area contributed by atoms with Crippen LogP contribution in [0.15, 0.2) is 67.1 Å². The number of aromatic nitrogens is 5. The molecular formula is C35H34F3N7O5. The van der Waals surface area contributed by atoms with E-state index in [1.165, 1.54) is 6.33 Å². The van der Waals surface area contributed by atoms with Gasteiger partial charge in [0.1, 0.15) is 34.7 Å². The van der Waals surface area contributed by atoms with Gasteiger partial charge in [-0.05, 0) is 61.4 Å². The Hall–Kier alpha value is -5.28. The maximum Gasteiger partial charge on any atom is 0.416 e. The van der Waals surface area contributed by atoms with Crippen LogP contribution in [0.1, 0.15) is 58.8 Å². The zero-order valence-corrected chi connectivity index (χ0v) is 27.3. The number of benzene rings is 2. The van der Waals surface area contributed by atoms with Gasteiger partial charge in [-0.15, -0.1) is 0 Å². The number of carbonyl (C=O) groups excluding carboxylic acids is 1. The highest BCUT2D eigenvalue weighted by Crippen LogP contribution is 2.44. The van der Waals surface area contributed by atoms with Crippen molar-refractivity contribution >= 4 is 28.6 Å². The van der Waals surface area contributed by atoms with Crippen molar-refractivity contribution in [3.05, 3.63) is 89.5 Å². The van der Waals surface area contributed by atoms with Gasteiger partial charge in [-0.3, -0.25) is 4.79 Å². The van der Waals surface area contributed by atoms with E-state index in [0.29, 0.717) is 53.8 Å². The summed E-state index contributed by atoms with van der Waals surface area (Å²) in [5.74, 6) is 0.599. The van der Waals surface area contributed by atoms with Crippen molar-refractivity contribution in [2.75, 3.05) is 38.1 Å². The van der Waals surface area contributed by atoms with Gasteiger partial charge in [-0.2, -0.15) is 18.3 Å². The molecule has 15 heteroatoms. The fraction of sp³-hybridized carbons (Fsp3) is 0.343. The molecular weight excluding hydrogens is 655 g/mol. The predicted octanol–water partition coefficient (Wildman–Crippen LogP) is 6.51. The van der Waals surface area contributed by atoms with Gasteiger partial charge in [-0.1, -0.05) is 0 Å². The molecule has 3 aromatic heterocycles. The molecule has 1 saturated heterocycles. The van der Waals surface area contributed by atoms with E-state index in [1.54, 1.807) is 43.2 Å².